The van der Waals surface area contributed by atoms with Crippen molar-refractivity contribution in [1.82, 2.24) is 15.2 Å². The molecule has 1 unspecified atom stereocenters. The summed E-state index contributed by atoms with van der Waals surface area (Å²) >= 11 is 0. The Morgan fingerprint density at radius 3 is 2.89 bits per heavy atom. The highest BCUT2D eigenvalue weighted by Crippen LogP contribution is 2.18. The van der Waals surface area contributed by atoms with Crippen molar-refractivity contribution in [2.75, 3.05) is 20.2 Å². The first-order valence-corrected chi connectivity index (χ1v) is 9.24. The number of methoxy groups -OCH3 is 1. The first-order chi connectivity index (χ1) is 13.1. The SMILES string of the molecule is COc1ccccc1CNC(=O)c1ccnc(C(=O)N2CCCC(C)C2)c1. The summed E-state index contributed by atoms with van der Waals surface area (Å²) in [5.74, 6) is 0.864. The molecule has 0 aliphatic carbocycles. The van der Waals surface area contributed by atoms with Gasteiger partial charge in [0, 0.05) is 37.0 Å². The fraction of sp³-hybridized carbons (Fsp3) is 0.381. The van der Waals surface area contributed by atoms with Gasteiger partial charge >= 0.3 is 0 Å². The summed E-state index contributed by atoms with van der Waals surface area (Å²) in [6, 6.07) is 10.7. The number of likely N-dealkylation sites (tertiary alicyclic amines) is 1. The van der Waals surface area contributed by atoms with Gasteiger partial charge in [-0.05, 0) is 37.0 Å². The Bertz CT molecular complexity index is 822. The summed E-state index contributed by atoms with van der Waals surface area (Å²) in [6.45, 7) is 3.98. The van der Waals surface area contributed by atoms with Crippen molar-refractivity contribution in [3.63, 3.8) is 0 Å². The number of piperidine rings is 1. The Kier molecular flexibility index (Phi) is 6.06. The topological polar surface area (TPSA) is 71.5 Å². The molecule has 3 rings (SSSR count). The molecular weight excluding hydrogens is 342 g/mol. The van der Waals surface area contributed by atoms with Crippen LogP contribution in [0.3, 0.4) is 0 Å². The molecule has 1 aromatic carbocycles. The zero-order valence-corrected chi connectivity index (χ0v) is 15.8. The number of aromatic nitrogens is 1. The average Bonchev–Trinajstić information content (AvgIpc) is 2.71. The Hall–Kier alpha value is -2.89. The highest BCUT2D eigenvalue weighted by molar-refractivity contribution is 5.98. The van der Waals surface area contributed by atoms with Gasteiger partial charge in [-0.3, -0.25) is 14.6 Å². The van der Waals surface area contributed by atoms with Crippen molar-refractivity contribution in [2.45, 2.75) is 26.3 Å². The molecule has 6 heteroatoms. The number of nitrogens with one attached hydrogen (secondary N) is 1. The number of pyridine rings is 1. The molecule has 0 radical (unpaired) electrons. The van der Waals surface area contributed by atoms with E-state index in [4.69, 9.17) is 4.74 Å². The van der Waals surface area contributed by atoms with Crippen LogP contribution in [0.4, 0.5) is 0 Å². The molecule has 1 aliphatic heterocycles. The van der Waals surface area contributed by atoms with Crippen molar-refractivity contribution < 1.29 is 14.3 Å². The maximum absolute atomic E-state index is 12.7. The molecular formula is C21H25N3O3. The summed E-state index contributed by atoms with van der Waals surface area (Å²) in [6.07, 6.45) is 3.66. The van der Waals surface area contributed by atoms with E-state index in [2.05, 4.69) is 17.2 Å². The van der Waals surface area contributed by atoms with Gasteiger partial charge in [-0.25, -0.2) is 0 Å². The summed E-state index contributed by atoms with van der Waals surface area (Å²) in [5.41, 5.74) is 1.63. The second-order valence-electron chi connectivity index (χ2n) is 6.92. The number of para-hydroxylation sites is 1. The number of benzene rings is 1. The summed E-state index contributed by atoms with van der Waals surface area (Å²) < 4.78 is 5.30. The molecule has 0 bridgehead atoms. The van der Waals surface area contributed by atoms with Crippen molar-refractivity contribution in [3.8, 4) is 5.75 Å². The summed E-state index contributed by atoms with van der Waals surface area (Å²) in [4.78, 5) is 31.2. The van der Waals surface area contributed by atoms with E-state index in [1.54, 1.807) is 19.2 Å². The van der Waals surface area contributed by atoms with E-state index in [1.807, 2.05) is 29.2 Å². The van der Waals surface area contributed by atoms with Crippen LogP contribution >= 0.6 is 0 Å². The smallest absolute Gasteiger partial charge is 0.272 e. The lowest BCUT2D eigenvalue weighted by atomic mass is 10.00. The predicted molar refractivity (Wildman–Crippen MR) is 103 cm³/mol. The molecule has 142 valence electrons. The van der Waals surface area contributed by atoms with E-state index in [0.29, 0.717) is 23.7 Å². The van der Waals surface area contributed by atoms with E-state index in [1.165, 1.54) is 6.20 Å². The van der Waals surface area contributed by atoms with E-state index in [-0.39, 0.29) is 11.8 Å². The normalized spacial score (nSPS) is 16.7. The van der Waals surface area contributed by atoms with Crippen LogP contribution in [0.5, 0.6) is 5.75 Å². The minimum Gasteiger partial charge on any atom is -0.496 e. The van der Waals surface area contributed by atoms with Crippen LogP contribution in [0.2, 0.25) is 0 Å². The first kappa shape index (κ1) is 18.9. The van der Waals surface area contributed by atoms with E-state index in [9.17, 15) is 9.59 Å². The fourth-order valence-electron chi connectivity index (χ4n) is 3.35. The zero-order valence-electron chi connectivity index (χ0n) is 15.8. The number of rotatable bonds is 5. The van der Waals surface area contributed by atoms with Crippen LogP contribution in [0.1, 0.15) is 46.2 Å². The molecule has 1 aliphatic rings. The van der Waals surface area contributed by atoms with Gasteiger partial charge < -0.3 is 15.0 Å². The number of ether oxygens (including phenoxy) is 1. The van der Waals surface area contributed by atoms with Crippen LogP contribution < -0.4 is 10.1 Å². The molecule has 1 atom stereocenters. The van der Waals surface area contributed by atoms with Gasteiger partial charge in [0.05, 0.1) is 7.11 Å². The molecule has 27 heavy (non-hydrogen) atoms. The molecule has 0 spiro atoms. The first-order valence-electron chi connectivity index (χ1n) is 9.24. The Morgan fingerprint density at radius 2 is 2.11 bits per heavy atom. The third kappa shape index (κ3) is 4.64. The number of carbonyl (C=O) groups is 2. The lowest BCUT2D eigenvalue weighted by Crippen LogP contribution is -2.39. The minimum atomic E-state index is -0.246. The molecule has 1 fully saturated rings. The van der Waals surface area contributed by atoms with Crippen molar-refractivity contribution >= 4 is 11.8 Å². The highest BCUT2D eigenvalue weighted by Gasteiger charge is 2.23. The number of nitrogens with zero attached hydrogens (tertiary/aromatic N) is 2. The lowest BCUT2D eigenvalue weighted by molar-refractivity contribution is 0.0677. The average molecular weight is 367 g/mol. The highest BCUT2D eigenvalue weighted by atomic mass is 16.5. The predicted octanol–water partition coefficient (Wildman–Crippen LogP) is 2.89. The van der Waals surface area contributed by atoms with Crippen LogP contribution in [0, 0.1) is 5.92 Å². The van der Waals surface area contributed by atoms with Crippen LogP contribution in [-0.2, 0) is 6.54 Å². The van der Waals surface area contributed by atoms with Gasteiger partial charge in [0.1, 0.15) is 11.4 Å². The third-order valence-electron chi connectivity index (χ3n) is 4.82. The molecule has 0 saturated carbocycles. The third-order valence-corrected chi connectivity index (χ3v) is 4.82. The van der Waals surface area contributed by atoms with Gasteiger partial charge in [-0.1, -0.05) is 25.1 Å². The Morgan fingerprint density at radius 1 is 1.30 bits per heavy atom. The molecule has 6 nitrogen and oxygen atoms in total. The zero-order chi connectivity index (χ0) is 19.2. The Balaban J connectivity index is 1.67. The summed E-state index contributed by atoms with van der Waals surface area (Å²) in [5, 5.41) is 2.87. The second kappa shape index (κ2) is 8.66. The van der Waals surface area contributed by atoms with Crippen molar-refractivity contribution in [2.24, 2.45) is 5.92 Å². The van der Waals surface area contributed by atoms with Gasteiger partial charge in [-0.2, -0.15) is 0 Å². The molecule has 2 aromatic rings. The number of hydrogen-bond donors (Lipinski definition) is 1. The van der Waals surface area contributed by atoms with E-state index < -0.39 is 0 Å². The summed E-state index contributed by atoms with van der Waals surface area (Å²) in [7, 11) is 1.60. The minimum absolute atomic E-state index is 0.110. The largest absolute Gasteiger partial charge is 0.496 e. The number of hydrogen-bond acceptors (Lipinski definition) is 4. The van der Waals surface area contributed by atoms with Gasteiger partial charge in [0.2, 0.25) is 0 Å². The van der Waals surface area contributed by atoms with Crippen LogP contribution in [0.15, 0.2) is 42.6 Å². The van der Waals surface area contributed by atoms with Crippen LogP contribution in [-0.4, -0.2) is 41.9 Å². The number of carbonyl (C=O) groups excluding carboxylic acids is 2. The van der Waals surface area contributed by atoms with Crippen LogP contribution in [0.25, 0.3) is 0 Å². The fourth-order valence-corrected chi connectivity index (χ4v) is 3.35. The maximum atomic E-state index is 12.7. The molecule has 1 aromatic heterocycles. The maximum Gasteiger partial charge on any atom is 0.272 e. The van der Waals surface area contributed by atoms with E-state index >= 15 is 0 Å². The molecule has 2 amide bonds. The van der Waals surface area contributed by atoms with Crippen molar-refractivity contribution in [1.29, 1.82) is 0 Å². The Labute approximate surface area is 159 Å². The molecule has 2 heterocycles. The van der Waals surface area contributed by atoms with Gasteiger partial charge in [-0.15, -0.1) is 0 Å². The lowest BCUT2D eigenvalue weighted by Gasteiger charge is -2.30. The van der Waals surface area contributed by atoms with E-state index in [0.717, 1.165) is 37.2 Å². The number of amides is 2. The second-order valence-corrected chi connectivity index (χ2v) is 6.92. The monoisotopic (exact) mass is 367 g/mol. The van der Waals surface area contributed by atoms with Gasteiger partial charge in [0.25, 0.3) is 11.8 Å². The van der Waals surface area contributed by atoms with Crippen molar-refractivity contribution in [3.05, 3.63) is 59.4 Å². The quantitative estimate of drug-likeness (QED) is 0.882. The van der Waals surface area contributed by atoms with Gasteiger partial charge in [0.15, 0.2) is 0 Å². The molecule has 1 saturated heterocycles. The standard InChI is InChI=1S/C21H25N3O3/c1-15-6-5-11-24(14-15)21(26)18-12-16(9-10-22-18)20(25)23-13-17-7-3-4-8-19(17)27-2/h3-4,7-10,12,15H,5-6,11,13-14H2,1-2H3,(H,23,25). The molecule has 1 N–H and O–H groups in total.